The van der Waals surface area contributed by atoms with Crippen molar-refractivity contribution in [2.45, 2.75) is 40.5 Å². The molecular formula is C19H30N6O2S. The lowest BCUT2D eigenvalue weighted by atomic mass is 9.97. The number of aromatic nitrogens is 2. The predicted molar refractivity (Wildman–Crippen MR) is 112 cm³/mol. The van der Waals surface area contributed by atoms with E-state index in [2.05, 4.69) is 47.9 Å². The summed E-state index contributed by atoms with van der Waals surface area (Å²) in [4.78, 5) is 8.24. The highest BCUT2D eigenvalue weighted by Crippen LogP contribution is 2.47. The Balaban J connectivity index is 2.06. The van der Waals surface area contributed by atoms with E-state index in [1.165, 1.54) is 0 Å². The van der Waals surface area contributed by atoms with Crippen molar-refractivity contribution in [2.75, 3.05) is 37.2 Å². The third-order valence-electron chi connectivity index (χ3n) is 4.13. The van der Waals surface area contributed by atoms with E-state index in [4.69, 9.17) is 5.26 Å². The molecule has 8 nitrogen and oxygen atoms in total. The number of rotatable bonds is 7. The van der Waals surface area contributed by atoms with E-state index in [9.17, 15) is 9.11 Å². The number of nitrogens with zero attached hydrogens (tertiary/aromatic N) is 5. The molecule has 0 atom stereocenters. The van der Waals surface area contributed by atoms with Gasteiger partial charge in [-0.15, -0.1) is 15.2 Å². The summed E-state index contributed by atoms with van der Waals surface area (Å²) >= 11 is 0. The Kier molecular flexibility index (Phi) is 7.64. The molecule has 1 saturated heterocycles. The van der Waals surface area contributed by atoms with Crippen LogP contribution in [0.5, 0.6) is 0 Å². The van der Waals surface area contributed by atoms with Crippen LogP contribution in [-0.2, 0) is 0 Å². The molecule has 28 heavy (non-hydrogen) atoms. The van der Waals surface area contributed by atoms with Crippen molar-refractivity contribution in [1.82, 2.24) is 19.4 Å². The molecule has 0 saturated carbocycles. The molecule has 0 spiro atoms. The van der Waals surface area contributed by atoms with Crippen molar-refractivity contribution in [1.29, 1.82) is 5.26 Å². The molecule has 0 radical (unpaired) electrons. The van der Waals surface area contributed by atoms with Gasteiger partial charge in [0.15, 0.2) is 0 Å². The quantitative estimate of drug-likeness (QED) is 0.593. The Labute approximate surface area is 169 Å². The summed E-state index contributed by atoms with van der Waals surface area (Å²) in [6, 6.07) is 1.95. The van der Waals surface area contributed by atoms with Crippen molar-refractivity contribution < 1.29 is 9.11 Å². The number of nitriles is 1. The second-order valence-corrected chi connectivity index (χ2v) is 10.0. The van der Waals surface area contributed by atoms with Crippen LogP contribution in [0.2, 0.25) is 0 Å². The number of nitrogens with one attached hydrogen (secondary N) is 1. The lowest BCUT2D eigenvalue weighted by Crippen LogP contribution is -2.57. The van der Waals surface area contributed by atoms with Crippen LogP contribution in [0.4, 0.5) is 5.82 Å². The molecule has 2 heterocycles. The molecule has 3 N–H and O–H groups in total. The zero-order valence-corrected chi connectivity index (χ0v) is 17.9. The maximum atomic E-state index is 10.3. The minimum absolute atomic E-state index is 0.0490. The van der Waals surface area contributed by atoms with E-state index < -0.39 is 10.8 Å². The molecule has 2 rings (SSSR count). The first-order valence-corrected chi connectivity index (χ1v) is 11.1. The molecule has 0 aromatic carbocycles. The number of anilines is 1. The predicted octanol–water partition coefficient (Wildman–Crippen LogP) is 3.16. The summed E-state index contributed by atoms with van der Waals surface area (Å²) in [5, 5.41) is 14.1. The SMILES string of the molecule is CCCCS(O)(O)N1CCN1CC#Cc1cnc(C#N)nc1NCC(C)(C)C. The van der Waals surface area contributed by atoms with Crippen LogP contribution in [0.1, 0.15) is 51.9 Å². The van der Waals surface area contributed by atoms with Gasteiger partial charge in [-0.1, -0.05) is 46.0 Å². The fraction of sp³-hybridized carbons (Fsp3) is 0.632. The van der Waals surface area contributed by atoms with Gasteiger partial charge in [0.05, 0.1) is 17.9 Å². The van der Waals surface area contributed by atoms with Crippen LogP contribution in [-0.4, -0.2) is 60.4 Å². The Hall–Kier alpha value is -1.88. The Morgan fingerprint density at radius 1 is 1.32 bits per heavy atom. The highest BCUT2D eigenvalue weighted by Gasteiger charge is 2.34. The van der Waals surface area contributed by atoms with Crippen LogP contribution in [0.3, 0.4) is 0 Å². The third-order valence-corrected chi connectivity index (χ3v) is 6.06. The van der Waals surface area contributed by atoms with Crippen LogP contribution in [0.15, 0.2) is 6.20 Å². The van der Waals surface area contributed by atoms with Gasteiger partial charge in [-0.25, -0.2) is 15.0 Å². The van der Waals surface area contributed by atoms with Crippen LogP contribution < -0.4 is 5.32 Å². The molecule has 1 aromatic rings. The molecular weight excluding hydrogens is 376 g/mol. The third kappa shape index (κ3) is 6.33. The number of unbranched alkanes of at least 4 members (excludes halogenated alkanes) is 1. The zero-order chi connectivity index (χ0) is 20.8. The van der Waals surface area contributed by atoms with Crippen LogP contribution in [0, 0.1) is 28.6 Å². The van der Waals surface area contributed by atoms with Crippen LogP contribution in [0.25, 0.3) is 0 Å². The molecule has 1 fully saturated rings. The molecule has 0 unspecified atom stereocenters. The van der Waals surface area contributed by atoms with Gasteiger partial charge >= 0.3 is 0 Å². The molecule has 154 valence electrons. The topological polar surface area (TPSA) is 109 Å². The van der Waals surface area contributed by atoms with E-state index in [1.54, 1.807) is 10.6 Å². The monoisotopic (exact) mass is 406 g/mol. The van der Waals surface area contributed by atoms with Gasteiger partial charge < -0.3 is 5.32 Å². The molecule has 1 aromatic heterocycles. The molecule has 1 aliphatic rings. The minimum atomic E-state index is -2.75. The van der Waals surface area contributed by atoms with E-state index in [1.807, 2.05) is 18.0 Å². The molecule has 9 heteroatoms. The van der Waals surface area contributed by atoms with Gasteiger partial charge in [-0.05, 0) is 11.8 Å². The first-order valence-electron chi connectivity index (χ1n) is 9.44. The van der Waals surface area contributed by atoms with Crippen LogP contribution >= 0.6 is 10.8 Å². The van der Waals surface area contributed by atoms with Crippen molar-refractivity contribution >= 4 is 16.6 Å². The van der Waals surface area contributed by atoms with Crippen molar-refractivity contribution in [3.8, 4) is 17.9 Å². The van der Waals surface area contributed by atoms with E-state index >= 15 is 0 Å². The normalized spacial score (nSPS) is 15.9. The van der Waals surface area contributed by atoms with Gasteiger partial charge in [0, 0.05) is 25.8 Å². The Morgan fingerprint density at radius 2 is 2.07 bits per heavy atom. The van der Waals surface area contributed by atoms with E-state index in [-0.39, 0.29) is 11.2 Å². The molecule has 0 aliphatic carbocycles. The van der Waals surface area contributed by atoms with Gasteiger partial charge in [0.25, 0.3) is 0 Å². The second kappa shape index (κ2) is 9.55. The average molecular weight is 407 g/mol. The maximum absolute atomic E-state index is 10.3. The summed E-state index contributed by atoms with van der Waals surface area (Å²) in [7, 11) is -2.75. The van der Waals surface area contributed by atoms with Gasteiger partial charge in [0.2, 0.25) is 5.82 Å². The van der Waals surface area contributed by atoms with E-state index in [0.29, 0.717) is 36.8 Å². The fourth-order valence-electron chi connectivity index (χ4n) is 2.49. The Morgan fingerprint density at radius 3 is 2.64 bits per heavy atom. The lowest BCUT2D eigenvalue weighted by molar-refractivity contribution is -0.0269. The second-order valence-electron chi connectivity index (χ2n) is 7.94. The highest BCUT2D eigenvalue weighted by atomic mass is 32.3. The smallest absolute Gasteiger partial charge is 0.234 e. The summed E-state index contributed by atoms with van der Waals surface area (Å²) in [6.45, 7) is 10.8. The van der Waals surface area contributed by atoms with Gasteiger partial charge in [-0.2, -0.15) is 5.26 Å². The van der Waals surface area contributed by atoms with Gasteiger partial charge in [-0.3, -0.25) is 9.11 Å². The number of hydrogen-bond acceptors (Lipinski definition) is 8. The first-order chi connectivity index (χ1) is 13.2. The first kappa shape index (κ1) is 22.4. The van der Waals surface area contributed by atoms with Crippen molar-refractivity contribution in [3.05, 3.63) is 17.6 Å². The standard InChI is InChI=1S/C19H30N6O2S/c1-5-6-12-28(26,27)25-11-10-24(25)9-7-8-16-14-21-17(13-20)23-18(16)22-15-19(2,3)4/h14,26-27H,5-6,9-12,15H2,1-4H3,(H,21,22,23). The lowest BCUT2D eigenvalue weighted by Gasteiger charge is -2.53. The molecule has 0 bridgehead atoms. The zero-order valence-electron chi connectivity index (χ0n) is 17.1. The fourth-order valence-corrected chi connectivity index (χ4v) is 4.26. The summed E-state index contributed by atoms with van der Waals surface area (Å²) < 4.78 is 22.3. The summed E-state index contributed by atoms with van der Waals surface area (Å²) in [5.41, 5.74) is 0.667. The number of hydrazine groups is 1. The maximum Gasteiger partial charge on any atom is 0.234 e. The summed E-state index contributed by atoms with van der Waals surface area (Å²) in [6.07, 6.45) is 3.25. The van der Waals surface area contributed by atoms with Crippen molar-refractivity contribution in [2.24, 2.45) is 5.41 Å². The number of hydrogen-bond donors (Lipinski definition) is 3. The molecule has 0 amide bonds. The molecule has 1 aliphatic heterocycles. The average Bonchev–Trinajstić information content (AvgIpc) is 2.60. The van der Waals surface area contributed by atoms with E-state index in [0.717, 1.165) is 19.4 Å². The largest absolute Gasteiger partial charge is 0.368 e. The highest BCUT2D eigenvalue weighted by molar-refractivity contribution is 8.22. The Bertz CT molecular complexity index is 775. The van der Waals surface area contributed by atoms with Gasteiger partial charge in [0.1, 0.15) is 11.9 Å². The summed E-state index contributed by atoms with van der Waals surface area (Å²) in [5.74, 6) is 7.13. The van der Waals surface area contributed by atoms with Crippen molar-refractivity contribution in [3.63, 3.8) is 0 Å². The minimum Gasteiger partial charge on any atom is -0.368 e.